The van der Waals surface area contributed by atoms with Gasteiger partial charge in [-0.3, -0.25) is 4.57 Å². The summed E-state index contributed by atoms with van der Waals surface area (Å²) in [5.74, 6) is 4.54. The Balaban J connectivity index is 1.37. The summed E-state index contributed by atoms with van der Waals surface area (Å²) in [6, 6.07) is 13.6. The number of aromatic nitrogens is 6. The van der Waals surface area contributed by atoms with Crippen LogP contribution < -0.4 is 16.0 Å². The first-order chi connectivity index (χ1) is 17.0. The van der Waals surface area contributed by atoms with Crippen LogP contribution in [0.5, 0.6) is 0 Å². The molecule has 1 saturated heterocycles. The number of furan rings is 1. The molecule has 182 valence electrons. The predicted octanol–water partition coefficient (Wildman–Crippen LogP) is 4.20. The van der Waals surface area contributed by atoms with Crippen LogP contribution in [-0.4, -0.2) is 42.8 Å². The van der Waals surface area contributed by atoms with E-state index in [1.165, 1.54) is 18.2 Å². The number of benzene rings is 1. The number of hydrogen-bond donors (Lipinski definition) is 2. The zero-order chi connectivity index (χ0) is 24.2. The Morgan fingerprint density at radius 2 is 1.83 bits per heavy atom. The Hall–Kier alpha value is -3.60. The van der Waals surface area contributed by atoms with Gasteiger partial charge in [0.25, 0.3) is 0 Å². The van der Waals surface area contributed by atoms with E-state index in [9.17, 15) is 0 Å². The minimum atomic E-state index is 0.170. The molecule has 1 aliphatic rings. The molecule has 2 unspecified atom stereocenters. The first-order valence-corrected chi connectivity index (χ1v) is 12.7. The number of para-hydroxylation sites is 1. The van der Waals surface area contributed by atoms with Gasteiger partial charge in [-0.1, -0.05) is 43.8 Å². The molecule has 3 aromatic heterocycles. The van der Waals surface area contributed by atoms with Gasteiger partial charge in [-0.2, -0.15) is 15.0 Å². The third kappa shape index (κ3) is 5.73. The molecule has 2 atom stereocenters. The van der Waals surface area contributed by atoms with E-state index in [0.29, 0.717) is 35.9 Å². The molecule has 10 nitrogen and oxygen atoms in total. The maximum absolute atomic E-state index is 5.97. The second-order valence-electron chi connectivity index (χ2n) is 9.01. The van der Waals surface area contributed by atoms with Gasteiger partial charge in [0.05, 0.1) is 18.6 Å². The third-order valence-electron chi connectivity index (χ3n) is 5.80. The second kappa shape index (κ2) is 10.3. The monoisotopic (exact) mass is 491 g/mol. The minimum absolute atomic E-state index is 0.170. The fourth-order valence-electron chi connectivity index (χ4n) is 4.48. The van der Waals surface area contributed by atoms with Gasteiger partial charge in [-0.25, -0.2) is 0 Å². The van der Waals surface area contributed by atoms with E-state index in [1.807, 2.05) is 42.5 Å². The molecular formula is C24H29N9OS. The number of thioether (sulfide) groups is 1. The van der Waals surface area contributed by atoms with Crippen molar-refractivity contribution in [3.63, 3.8) is 0 Å². The lowest BCUT2D eigenvalue weighted by molar-refractivity contribution is 0.350. The van der Waals surface area contributed by atoms with Crippen LogP contribution >= 0.6 is 11.8 Å². The number of nitrogens with zero attached hydrogens (tertiary/aromatic N) is 7. The predicted molar refractivity (Wildman–Crippen MR) is 137 cm³/mol. The smallest absolute Gasteiger partial charge is 0.232 e. The largest absolute Gasteiger partial charge is 0.467 e. The van der Waals surface area contributed by atoms with Crippen molar-refractivity contribution in [2.45, 2.75) is 37.7 Å². The van der Waals surface area contributed by atoms with Gasteiger partial charge < -0.3 is 20.4 Å². The first-order valence-electron chi connectivity index (χ1n) is 11.7. The molecule has 4 aromatic rings. The maximum atomic E-state index is 5.97. The minimum Gasteiger partial charge on any atom is -0.467 e. The van der Waals surface area contributed by atoms with Gasteiger partial charge in [0, 0.05) is 18.8 Å². The fourth-order valence-corrected chi connectivity index (χ4v) is 5.27. The average molecular weight is 492 g/mol. The molecule has 11 heteroatoms. The molecule has 1 fully saturated rings. The molecule has 4 heterocycles. The van der Waals surface area contributed by atoms with Crippen molar-refractivity contribution in [2.24, 2.45) is 11.8 Å². The highest BCUT2D eigenvalue weighted by atomic mass is 32.2. The standard InChI is InChI=1S/C24H29N9OS/c1-16-11-17(2)13-32(12-16)23-30-31-24(33(23)14-19-9-6-10-34-19)35-15-20-27-21(25)29-22(28-20)26-18-7-4-3-5-8-18/h3-10,16-17H,11-15H2,1-2H3,(H3,25,26,27,28,29). The lowest BCUT2D eigenvalue weighted by atomic mass is 9.92. The highest BCUT2D eigenvalue weighted by Crippen LogP contribution is 2.30. The molecule has 0 saturated carbocycles. The van der Waals surface area contributed by atoms with Crippen LogP contribution in [0, 0.1) is 11.8 Å². The van der Waals surface area contributed by atoms with E-state index in [-0.39, 0.29) is 5.95 Å². The van der Waals surface area contributed by atoms with Crippen molar-refractivity contribution in [3.05, 3.63) is 60.3 Å². The summed E-state index contributed by atoms with van der Waals surface area (Å²) in [5, 5.41) is 13.1. The zero-order valence-electron chi connectivity index (χ0n) is 19.8. The molecule has 0 amide bonds. The summed E-state index contributed by atoms with van der Waals surface area (Å²) >= 11 is 1.52. The quantitative estimate of drug-likeness (QED) is 0.346. The molecule has 0 bridgehead atoms. The average Bonchev–Trinajstić information content (AvgIpc) is 3.48. The first kappa shape index (κ1) is 23.2. The number of nitrogen functional groups attached to an aromatic ring is 1. The molecule has 0 spiro atoms. The summed E-state index contributed by atoms with van der Waals surface area (Å²) in [6.07, 6.45) is 2.91. The Morgan fingerprint density at radius 1 is 1.03 bits per heavy atom. The number of nitrogens with two attached hydrogens (primary N) is 1. The summed E-state index contributed by atoms with van der Waals surface area (Å²) in [4.78, 5) is 15.4. The highest BCUT2D eigenvalue weighted by Gasteiger charge is 2.27. The Labute approximate surface area is 208 Å². The van der Waals surface area contributed by atoms with E-state index >= 15 is 0 Å². The van der Waals surface area contributed by atoms with Crippen LogP contribution in [0.4, 0.5) is 23.5 Å². The highest BCUT2D eigenvalue weighted by molar-refractivity contribution is 7.98. The van der Waals surface area contributed by atoms with Crippen molar-refractivity contribution in [3.8, 4) is 0 Å². The van der Waals surface area contributed by atoms with Gasteiger partial charge >= 0.3 is 0 Å². The normalized spacial score (nSPS) is 18.1. The SMILES string of the molecule is CC1CC(C)CN(c2nnc(SCc3nc(N)nc(Nc4ccccc4)n3)n2Cc2ccco2)C1. The Kier molecular flexibility index (Phi) is 6.84. The van der Waals surface area contributed by atoms with Crippen molar-refractivity contribution in [2.75, 3.05) is 29.0 Å². The molecule has 0 radical (unpaired) electrons. The molecule has 1 aliphatic heterocycles. The van der Waals surface area contributed by atoms with Gasteiger partial charge in [-0.15, -0.1) is 10.2 Å². The van der Waals surface area contributed by atoms with E-state index in [4.69, 9.17) is 10.2 Å². The van der Waals surface area contributed by atoms with E-state index in [1.54, 1.807) is 6.26 Å². The summed E-state index contributed by atoms with van der Waals surface area (Å²) in [5.41, 5.74) is 6.85. The van der Waals surface area contributed by atoms with Crippen molar-refractivity contribution < 1.29 is 4.42 Å². The van der Waals surface area contributed by atoms with Crippen molar-refractivity contribution >= 4 is 35.3 Å². The van der Waals surface area contributed by atoms with E-state index in [0.717, 1.165) is 35.6 Å². The van der Waals surface area contributed by atoms with Gasteiger partial charge in [0.15, 0.2) is 5.16 Å². The number of hydrogen-bond acceptors (Lipinski definition) is 10. The Morgan fingerprint density at radius 3 is 2.57 bits per heavy atom. The van der Waals surface area contributed by atoms with Gasteiger partial charge in [-0.05, 0) is 42.5 Å². The molecule has 0 aliphatic carbocycles. The number of rotatable bonds is 8. The molecule has 35 heavy (non-hydrogen) atoms. The van der Waals surface area contributed by atoms with E-state index in [2.05, 4.69) is 53.8 Å². The van der Waals surface area contributed by atoms with Crippen LogP contribution in [-0.2, 0) is 12.3 Å². The molecule has 5 rings (SSSR count). The summed E-state index contributed by atoms with van der Waals surface area (Å²) < 4.78 is 7.75. The number of anilines is 4. The summed E-state index contributed by atoms with van der Waals surface area (Å²) in [6.45, 7) is 7.06. The molecule has 1 aromatic carbocycles. The van der Waals surface area contributed by atoms with Crippen LogP contribution in [0.2, 0.25) is 0 Å². The fraction of sp³-hybridized carbons (Fsp3) is 0.375. The number of nitrogens with one attached hydrogen (secondary N) is 1. The summed E-state index contributed by atoms with van der Waals surface area (Å²) in [7, 11) is 0. The lowest BCUT2D eigenvalue weighted by Gasteiger charge is -2.35. The van der Waals surface area contributed by atoms with Crippen LogP contribution in [0.1, 0.15) is 31.9 Å². The second-order valence-corrected chi connectivity index (χ2v) is 9.95. The number of piperidine rings is 1. The van der Waals surface area contributed by atoms with Crippen LogP contribution in [0.3, 0.4) is 0 Å². The Bertz CT molecular complexity index is 1240. The zero-order valence-corrected chi connectivity index (χ0v) is 20.6. The topological polar surface area (TPSA) is 124 Å². The molecular weight excluding hydrogens is 462 g/mol. The van der Waals surface area contributed by atoms with E-state index < -0.39 is 0 Å². The van der Waals surface area contributed by atoms with Gasteiger partial charge in [0.1, 0.15) is 11.6 Å². The van der Waals surface area contributed by atoms with Crippen LogP contribution in [0.25, 0.3) is 0 Å². The third-order valence-corrected chi connectivity index (χ3v) is 6.77. The lowest BCUT2D eigenvalue weighted by Crippen LogP contribution is -2.40. The van der Waals surface area contributed by atoms with Gasteiger partial charge in [0.2, 0.25) is 17.8 Å². The van der Waals surface area contributed by atoms with Crippen LogP contribution in [0.15, 0.2) is 58.3 Å². The van der Waals surface area contributed by atoms with Crippen molar-refractivity contribution in [1.82, 2.24) is 29.7 Å². The van der Waals surface area contributed by atoms with Crippen molar-refractivity contribution in [1.29, 1.82) is 0 Å². The molecule has 3 N–H and O–H groups in total. The maximum Gasteiger partial charge on any atom is 0.232 e.